The summed E-state index contributed by atoms with van der Waals surface area (Å²) in [5, 5.41) is 24.2. The highest BCUT2D eigenvalue weighted by atomic mass is 32.2. The number of ether oxygens (including phenoxy) is 1. The molecule has 0 saturated heterocycles. The number of carbonyl (C=O) groups excluding carboxylic acids is 1. The molecule has 1 N–H and O–H groups in total. The minimum Gasteiger partial charge on any atom is -0.497 e. The monoisotopic (exact) mass is 502 g/mol. The quantitative estimate of drug-likeness (QED) is 0.155. The van der Waals surface area contributed by atoms with Gasteiger partial charge in [0.05, 0.1) is 23.5 Å². The molecule has 0 spiro atoms. The van der Waals surface area contributed by atoms with Crippen molar-refractivity contribution in [3.8, 4) is 22.8 Å². The van der Waals surface area contributed by atoms with Crippen LogP contribution in [0.15, 0.2) is 89.1 Å². The third-order valence-corrected chi connectivity index (χ3v) is 6.10. The molecule has 0 aliphatic heterocycles. The van der Waals surface area contributed by atoms with E-state index in [1.165, 1.54) is 23.9 Å². The number of aromatic nitrogens is 3. The molecule has 0 aliphatic carbocycles. The van der Waals surface area contributed by atoms with Crippen molar-refractivity contribution in [3.05, 3.63) is 94.5 Å². The number of carbonyl (C=O) groups is 1. The van der Waals surface area contributed by atoms with Crippen LogP contribution in [0, 0.1) is 10.1 Å². The number of thioether (sulfide) groups is 1. The second kappa shape index (κ2) is 11.3. The smallest absolute Gasteiger partial charge is 0.269 e. The maximum Gasteiger partial charge on any atom is 0.269 e. The Morgan fingerprint density at radius 3 is 2.39 bits per heavy atom. The summed E-state index contributed by atoms with van der Waals surface area (Å²) >= 11 is 1.23. The van der Waals surface area contributed by atoms with E-state index in [-0.39, 0.29) is 17.3 Å². The van der Waals surface area contributed by atoms with Gasteiger partial charge in [0.1, 0.15) is 5.75 Å². The van der Waals surface area contributed by atoms with Crippen LogP contribution < -0.4 is 10.2 Å². The molecule has 1 heterocycles. The van der Waals surface area contributed by atoms with E-state index < -0.39 is 4.92 Å². The minimum absolute atomic E-state index is 0.0106. The Labute approximate surface area is 211 Å². The highest BCUT2D eigenvalue weighted by molar-refractivity contribution is 7.99. The van der Waals surface area contributed by atoms with Crippen LogP contribution in [0.5, 0.6) is 5.75 Å². The first kappa shape index (κ1) is 24.6. The van der Waals surface area contributed by atoms with Crippen molar-refractivity contribution in [1.29, 1.82) is 0 Å². The number of rotatable bonds is 9. The number of nitro groups is 1. The number of benzene rings is 3. The second-order valence-corrected chi connectivity index (χ2v) is 8.47. The van der Waals surface area contributed by atoms with Crippen LogP contribution in [0.3, 0.4) is 0 Å². The van der Waals surface area contributed by atoms with E-state index in [2.05, 4.69) is 20.7 Å². The summed E-state index contributed by atoms with van der Waals surface area (Å²) in [5.74, 6) is 1.11. The van der Waals surface area contributed by atoms with Crippen LogP contribution in [0.1, 0.15) is 12.5 Å². The SMILES string of the molecule is COc1ccc(-c2nnc(SCC(=O)N/N=C(/C)c3ccc([N+](=O)[O-])cc3)n2-c2ccccc2)cc1. The van der Waals surface area contributed by atoms with Crippen molar-refractivity contribution in [1.82, 2.24) is 20.2 Å². The molecule has 0 unspecified atom stereocenters. The van der Waals surface area contributed by atoms with Gasteiger partial charge < -0.3 is 4.74 Å². The maximum absolute atomic E-state index is 12.5. The Balaban J connectivity index is 1.48. The van der Waals surface area contributed by atoms with Gasteiger partial charge in [-0.3, -0.25) is 19.5 Å². The fraction of sp³-hybridized carbons (Fsp3) is 0.120. The molecule has 182 valence electrons. The zero-order valence-corrected chi connectivity index (χ0v) is 20.3. The lowest BCUT2D eigenvalue weighted by molar-refractivity contribution is -0.384. The van der Waals surface area contributed by atoms with Gasteiger partial charge in [-0.15, -0.1) is 10.2 Å². The molecule has 0 radical (unpaired) electrons. The van der Waals surface area contributed by atoms with Crippen molar-refractivity contribution < 1.29 is 14.5 Å². The van der Waals surface area contributed by atoms with E-state index in [0.29, 0.717) is 22.3 Å². The van der Waals surface area contributed by atoms with Gasteiger partial charge >= 0.3 is 0 Å². The van der Waals surface area contributed by atoms with Crippen molar-refractivity contribution >= 4 is 29.1 Å². The largest absolute Gasteiger partial charge is 0.497 e. The molecule has 0 saturated carbocycles. The van der Waals surface area contributed by atoms with Crippen molar-refractivity contribution in [3.63, 3.8) is 0 Å². The molecule has 4 rings (SSSR count). The van der Waals surface area contributed by atoms with Gasteiger partial charge in [0.2, 0.25) is 0 Å². The number of hydrazone groups is 1. The summed E-state index contributed by atoms with van der Waals surface area (Å²) in [6.07, 6.45) is 0. The number of nitro benzene ring substituents is 1. The molecule has 0 fully saturated rings. The Morgan fingerprint density at radius 1 is 1.06 bits per heavy atom. The zero-order chi connectivity index (χ0) is 25.5. The van der Waals surface area contributed by atoms with Crippen molar-refractivity contribution in [2.24, 2.45) is 5.10 Å². The summed E-state index contributed by atoms with van der Waals surface area (Å²) in [5.41, 5.74) is 5.42. The van der Waals surface area contributed by atoms with Gasteiger partial charge in [-0.1, -0.05) is 30.0 Å². The van der Waals surface area contributed by atoms with Gasteiger partial charge in [0.15, 0.2) is 11.0 Å². The minimum atomic E-state index is -0.469. The normalized spacial score (nSPS) is 11.2. The van der Waals surface area contributed by atoms with Crippen LogP contribution in [-0.4, -0.2) is 44.2 Å². The predicted molar refractivity (Wildman–Crippen MR) is 138 cm³/mol. The number of nitrogens with zero attached hydrogens (tertiary/aromatic N) is 5. The van der Waals surface area contributed by atoms with Crippen molar-refractivity contribution in [2.45, 2.75) is 12.1 Å². The lowest BCUT2D eigenvalue weighted by Gasteiger charge is -2.10. The topological polar surface area (TPSA) is 125 Å². The zero-order valence-electron chi connectivity index (χ0n) is 19.5. The van der Waals surface area contributed by atoms with E-state index in [4.69, 9.17) is 4.74 Å². The fourth-order valence-electron chi connectivity index (χ4n) is 3.30. The van der Waals surface area contributed by atoms with Crippen LogP contribution in [-0.2, 0) is 4.79 Å². The summed E-state index contributed by atoms with van der Waals surface area (Å²) in [6.45, 7) is 1.71. The van der Waals surface area contributed by atoms with Crippen LogP contribution >= 0.6 is 11.8 Å². The highest BCUT2D eigenvalue weighted by Crippen LogP contribution is 2.29. The number of nitrogens with one attached hydrogen (secondary N) is 1. The second-order valence-electron chi connectivity index (χ2n) is 7.53. The van der Waals surface area contributed by atoms with Crippen LogP contribution in [0.25, 0.3) is 17.1 Å². The van der Waals surface area contributed by atoms with Crippen molar-refractivity contribution in [2.75, 3.05) is 12.9 Å². The molecule has 3 aromatic carbocycles. The highest BCUT2D eigenvalue weighted by Gasteiger charge is 2.17. The Hall–Kier alpha value is -4.51. The van der Waals surface area contributed by atoms with E-state index in [1.54, 1.807) is 26.2 Å². The standard InChI is InChI=1S/C25H22N6O4S/c1-17(18-8-12-21(13-9-18)31(33)34)26-27-23(32)16-36-25-29-28-24(19-10-14-22(35-2)15-11-19)30(25)20-6-4-3-5-7-20/h3-15H,16H2,1-2H3,(H,27,32)/b26-17-. The third-order valence-electron chi connectivity index (χ3n) is 5.17. The van der Waals surface area contributed by atoms with E-state index >= 15 is 0 Å². The Kier molecular flexibility index (Phi) is 7.71. The lowest BCUT2D eigenvalue weighted by Crippen LogP contribution is -2.21. The molecular weight excluding hydrogens is 480 g/mol. The summed E-state index contributed by atoms with van der Waals surface area (Å²) in [4.78, 5) is 22.8. The number of hydrogen-bond donors (Lipinski definition) is 1. The average molecular weight is 503 g/mol. The summed E-state index contributed by atoms with van der Waals surface area (Å²) < 4.78 is 7.14. The molecular formula is C25H22N6O4S. The number of methoxy groups -OCH3 is 1. The van der Waals surface area contributed by atoms with Crippen LogP contribution in [0.4, 0.5) is 5.69 Å². The molecule has 0 aliphatic rings. The van der Waals surface area contributed by atoms with Gasteiger partial charge in [-0.05, 0) is 61.0 Å². The van der Waals surface area contributed by atoms with Gasteiger partial charge in [0.25, 0.3) is 11.6 Å². The van der Waals surface area contributed by atoms with Gasteiger partial charge in [0, 0.05) is 23.4 Å². The molecule has 10 nitrogen and oxygen atoms in total. The Bertz CT molecular complexity index is 1390. The molecule has 0 bridgehead atoms. The first-order valence-electron chi connectivity index (χ1n) is 10.8. The number of hydrogen-bond acceptors (Lipinski definition) is 8. The average Bonchev–Trinajstić information content (AvgIpc) is 3.35. The van der Waals surface area contributed by atoms with Gasteiger partial charge in [-0.25, -0.2) is 5.43 Å². The molecule has 1 amide bonds. The molecule has 36 heavy (non-hydrogen) atoms. The number of amides is 1. The Morgan fingerprint density at radius 2 is 1.75 bits per heavy atom. The molecule has 1 aromatic heterocycles. The van der Waals surface area contributed by atoms with Gasteiger partial charge in [-0.2, -0.15) is 5.10 Å². The molecule has 11 heteroatoms. The fourth-order valence-corrected chi connectivity index (χ4v) is 4.04. The predicted octanol–water partition coefficient (Wildman–Crippen LogP) is 4.48. The number of para-hydroxylation sites is 1. The van der Waals surface area contributed by atoms with E-state index in [0.717, 1.165) is 17.0 Å². The third kappa shape index (κ3) is 5.76. The lowest BCUT2D eigenvalue weighted by atomic mass is 10.1. The number of non-ortho nitro benzene ring substituents is 1. The first-order valence-corrected chi connectivity index (χ1v) is 11.8. The summed E-state index contributed by atoms with van der Waals surface area (Å²) in [6, 6.07) is 23.1. The van der Waals surface area contributed by atoms with E-state index in [1.807, 2.05) is 59.2 Å². The molecule has 4 aromatic rings. The maximum atomic E-state index is 12.5. The van der Waals surface area contributed by atoms with E-state index in [9.17, 15) is 14.9 Å². The molecule has 0 atom stereocenters. The van der Waals surface area contributed by atoms with Crippen LogP contribution in [0.2, 0.25) is 0 Å². The summed E-state index contributed by atoms with van der Waals surface area (Å²) in [7, 11) is 1.61. The first-order chi connectivity index (χ1) is 17.5.